The maximum Gasteiger partial charge on any atom is 0.173 e. The second kappa shape index (κ2) is 3.79. The molecule has 0 amide bonds. The Kier molecular flexibility index (Phi) is 2.48. The smallest absolute Gasteiger partial charge is 0.173 e. The molecule has 0 radical (unpaired) electrons. The number of hydrogen-bond donors (Lipinski definition) is 4. The van der Waals surface area contributed by atoms with Crippen LogP contribution < -0.4 is 5.49 Å². The molecule has 0 aliphatic rings. The molecule has 0 unspecified atom stereocenters. The van der Waals surface area contributed by atoms with E-state index in [1.54, 1.807) is 4.57 Å². The first-order chi connectivity index (χ1) is 7.18. The summed E-state index contributed by atoms with van der Waals surface area (Å²) in [6.45, 7) is 0.395. The standard InChI is InChI=1S/C8H11N5O2/c9-7-6-8(11-3-10-6)13(4-12-7)2-1-5(14)15/h3-5,9,14-15H,1-2H2,(H,10,11). The van der Waals surface area contributed by atoms with Gasteiger partial charge in [-0.05, 0) is 0 Å². The van der Waals surface area contributed by atoms with Crippen LogP contribution in [0.3, 0.4) is 0 Å². The van der Waals surface area contributed by atoms with Gasteiger partial charge in [-0.25, -0.2) is 9.97 Å². The molecule has 0 saturated heterocycles. The van der Waals surface area contributed by atoms with Crippen LogP contribution in [-0.4, -0.2) is 36.0 Å². The van der Waals surface area contributed by atoms with Gasteiger partial charge in [0.2, 0.25) is 0 Å². The molecule has 2 heterocycles. The quantitative estimate of drug-likeness (QED) is 0.483. The Hall–Kier alpha value is -1.73. The van der Waals surface area contributed by atoms with Gasteiger partial charge in [0.1, 0.15) is 5.52 Å². The van der Waals surface area contributed by atoms with Crippen LogP contribution in [0.5, 0.6) is 0 Å². The van der Waals surface area contributed by atoms with E-state index in [9.17, 15) is 0 Å². The molecular weight excluding hydrogens is 198 g/mol. The zero-order valence-corrected chi connectivity index (χ0v) is 7.88. The van der Waals surface area contributed by atoms with E-state index in [0.717, 1.165) is 0 Å². The van der Waals surface area contributed by atoms with Crippen LogP contribution in [0.1, 0.15) is 6.42 Å². The second-order valence-corrected chi connectivity index (χ2v) is 3.16. The zero-order valence-electron chi connectivity index (χ0n) is 7.88. The molecule has 2 aromatic heterocycles. The van der Waals surface area contributed by atoms with Crippen molar-refractivity contribution in [2.45, 2.75) is 19.3 Å². The first-order valence-corrected chi connectivity index (χ1v) is 4.47. The van der Waals surface area contributed by atoms with E-state index in [-0.39, 0.29) is 11.9 Å². The molecule has 0 bridgehead atoms. The number of imidazole rings is 1. The molecule has 7 nitrogen and oxygen atoms in total. The Morgan fingerprint density at radius 2 is 2.27 bits per heavy atom. The van der Waals surface area contributed by atoms with Gasteiger partial charge in [0.05, 0.1) is 12.7 Å². The van der Waals surface area contributed by atoms with Gasteiger partial charge >= 0.3 is 0 Å². The van der Waals surface area contributed by atoms with Gasteiger partial charge in [-0.1, -0.05) is 0 Å². The van der Waals surface area contributed by atoms with Crippen LogP contribution in [0, 0.1) is 5.41 Å². The number of nitrogens with one attached hydrogen (secondary N) is 2. The van der Waals surface area contributed by atoms with Crippen molar-refractivity contribution in [1.82, 2.24) is 19.5 Å². The van der Waals surface area contributed by atoms with Gasteiger partial charge in [-0.15, -0.1) is 0 Å². The van der Waals surface area contributed by atoms with Crippen LogP contribution in [0.2, 0.25) is 0 Å². The predicted octanol–water partition coefficient (Wildman–Crippen LogP) is -1.06. The molecule has 4 N–H and O–H groups in total. The first kappa shape index (κ1) is 9.81. The van der Waals surface area contributed by atoms with Crippen LogP contribution in [-0.2, 0) is 6.54 Å². The second-order valence-electron chi connectivity index (χ2n) is 3.16. The lowest BCUT2D eigenvalue weighted by Gasteiger charge is -2.07. The maximum atomic E-state index is 8.75. The largest absolute Gasteiger partial charge is 0.368 e. The number of aliphatic hydroxyl groups is 2. The summed E-state index contributed by atoms with van der Waals surface area (Å²) in [5, 5.41) is 25.0. The molecule has 0 aromatic carbocycles. The van der Waals surface area contributed by atoms with Crippen molar-refractivity contribution in [3.63, 3.8) is 0 Å². The summed E-state index contributed by atoms with van der Waals surface area (Å²) >= 11 is 0. The minimum atomic E-state index is -1.35. The van der Waals surface area contributed by atoms with Crippen molar-refractivity contribution in [2.75, 3.05) is 0 Å². The van der Waals surface area contributed by atoms with Crippen LogP contribution in [0.4, 0.5) is 0 Å². The van der Waals surface area contributed by atoms with E-state index >= 15 is 0 Å². The summed E-state index contributed by atoms with van der Waals surface area (Å²) in [6.07, 6.45) is 1.80. The lowest BCUT2D eigenvalue weighted by molar-refractivity contribution is -0.0475. The fraction of sp³-hybridized carbons (Fsp3) is 0.375. The Bertz CT molecular complexity index is 515. The molecule has 0 aliphatic heterocycles. The van der Waals surface area contributed by atoms with Crippen molar-refractivity contribution < 1.29 is 10.2 Å². The van der Waals surface area contributed by atoms with Crippen molar-refractivity contribution >= 4 is 11.2 Å². The van der Waals surface area contributed by atoms with Crippen molar-refractivity contribution in [3.8, 4) is 0 Å². The third kappa shape index (κ3) is 1.88. The van der Waals surface area contributed by atoms with Gasteiger partial charge in [-0.2, -0.15) is 0 Å². The topological polar surface area (TPSA) is 111 Å². The van der Waals surface area contributed by atoms with Gasteiger partial charge in [-0.3, -0.25) is 5.41 Å². The van der Waals surface area contributed by atoms with E-state index in [4.69, 9.17) is 15.6 Å². The third-order valence-electron chi connectivity index (χ3n) is 2.08. The first-order valence-electron chi connectivity index (χ1n) is 4.47. The number of H-pyrrole nitrogens is 1. The lowest BCUT2D eigenvalue weighted by atomic mass is 10.4. The van der Waals surface area contributed by atoms with Crippen LogP contribution in [0.25, 0.3) is 11.2 Å². The summed E-state index contributed by atoms with van der Waals surface area (Å²) in [5.41, 5.74) is 1.27. The van der Waals surface area contributed by atoms with Crippen molar-refractivity contribution in [2.24, 2.45) is 0 Å². The number of aliphatic hydroxyl groups excluding tert-OH is 1. The van der Waals surface area contributed by atoms with Gasteiger partial charge in [0.25, 0.3) is 0 Å². The van der Waals surface area contributed by atoms with Gasteiger partial charge < -0.3 is 19.8 Å². The molecule has 0 spiro atoms. The average Bonchev–Trinajstić information content (AvgIpc) is 2.66. The van der Waals surface area contributed by atoms with Crippen LogP contribution in [0.15, 0.2) is 12.7 Å². The summed E-state index contributed by atoms with van der Waals surface area (Å²) in [6, 6.07) is 0. The van der Waals surface area contributed by atoms with Gasteiger partial charge in [0.15, 0.2) is 17.4 Å². The molecule has 2 rings (SSSR count). The molecule has 2 aromatic rings. The highest BCUT2D eigenvalue weighted by molar-refractivity contribution is 5.68. The normalized spacial score (nSPS) is 11.4. The summed E-state index contributed by atoms with van der Waals surface area (Å²) in [7, 11) is 0. The number of aromatic amines is 1. The summed E-state index contributed by atoms with van der Waals surface area (Å²) in [5.74, 6) is 0. The molecule has 80 valence electrons. The highest BCUT2D eigenvalue weighted by atomic mass is 16.5. The van der Waals surface area contributed by atoms with E-state index in [0.29, 0.717) is 17.7 Å². The number of nitrogens with zero attached hydrogens (tertiary/aromatic N) is 3. The van der Waals surface area contributed by atoms with E-state index in [1.165, 1.54) is 12.7 Å². The van der Waals surface area contributed by atoms with E-state index < -0.39 is 6.29 Å². The van der Waals surface area contributed by atoms with Crippen molar-refractivity contribution in [1.29, 1.82) is 5.41 Å². The third-order valence-corrected chi connectivity index (χ3v) is 2.08. The Morgan fingerprint density at radius 3 is 3.00 bits per heavy atom. The number of hydrogen-bond acceptors (Lipinski definition) is 5. The molecule has 0 atom stereocenters. The van der Waals surface area contributed by atoms with Crippen LogP contribution >= 0.6 is 0 Å². The Balaban J connectivity index is 2.39. The number of fused-ring (bicyclic) bond motifs is 1. The zero-order chi connectivity index (χ0) is 10.8. The number of rotatable bonds is 3. The van der Waals surface area contributed by atoms with Crippen molar-refractivity contribution in [3.05, 3.63) is 18.1 Å². The molecule has 0 aliphatic carbocycles. The maximum absolute atomic E-state index is 8.75. The SMILES string of the molecule is N=c1ncn(CCC(O)O)c2nc[nH]c12. The van der Waals surface area contributed by atoms with E-state index in [2.05, 4.69) is 15.0 Å². The number of aryl methyl sites for hydroxylation is 1. The minimum Gasteiger partial charge on any atom is -0.368 e. The predicted molar refractivity (Wildman–Crippen MR) is 50.6 cm³/mol. The summed E-state index contributed by atoms with van der Waals surface area (Å²) in [4.78, 5) is 10.7. The minimum absolute atomic E-state index is 0.128. The summed E-state index contributed by atoms with van der Waals surface area (Å²) < 4.78 is 1.67. The highest BCUT2D eigenvalue weighted by Crippen LogP contribution is 2.03. The Labute approximate surface area is 84.6 Å². The monoisotopic (exact) mass is 209 g/mol. The highest BCUT2D eigenvalue weighted by Gasteiger charge is 2.05. The molecule has 7 heteroatoms. The fourth-order valence-electron chi connectivity index (χ4n) is 1.34. The lowest BCUT2D eigenvalue weighted by Crippen LogP contribution is -2.15. The molecule has 0 fully saturated rings. The molecule has 15 heavy (non-hydrogen) atoms. The molecular formula is C8H11N5O2. The van der Waals surface area contributed by atoms with Gasteiger partial charge in [0, 0.05) is 13.0 Å². The average molecular weight is 209 g/mol. The fourth-order valence-corrected chi connectivity index (χ4v) is 1.34. The van der Waals surface area contributed by atoms with E-state index in [1.807, 2.05) is 0 Å². The number of aromatic nitrogens is 4. The Morgan fingerprint density at radius 1 is 1.47 bits per heavy atom. The molecule has 0 saturated carbocycles.